The fourth-order valence-electron chi connectivity index (χ4n) is 2.10. The fourth-order valence-corrected chi connectivity index (χ4v) is 3.97. The third-order valence-electron chi connectivity index (χ3n) is 3.16. The highest BCUT2D eigenvalue weighted by molar-refractivity contribution is 9.10. The first-order valence-corrected chi connectivity index (χ1v) is 8.80. The average Bonchev–Trinajstić information content (AvgIpc) is 2.39. The molecule has 0 atom stereocenters. The summed E-state index contributed by atoms with van der Waals surface area (Å²) in [5.74, 6) is 0. The molecule has 5 nitrogen and oxygen atoms in total. The van der Waals surface area contributed by atoms with Gasteiger partial charge in [-0.2, -0.15) is 4.31 Å². The SMILES string of the molecule is NC(=S)CN1CCN(S(=O)(=O)c2ccc(Br)cc2)CC1. The van der Waals surface area contributed by atoms with Crippen molar-refractivity contribution in [1.82, 2.24) is 9.21 Å². The molecular formula is C12H16BrN3O2S2. The first-order valence-electron chi connectivity index (χ1n) is 6.16. The fraction of sp³-hybridized carbons (Fsp3) is 0.417. The van der Waals surface area contributed by atoms with E-state index in [4.69, 9.17) is 18.0 Å². The maximum Gasteiger partial charge on any atom is 0.243 e. The van der Waals surface area contributed by atoms with Crippen molar-refractivity contribution in [2.75, 3.05) is 32.7 Å². The molecule has 1 heterocycles. The minimum Gasteiger partial charge on any atom is -0.392 e. The molecular weight excluding hydrogens is 362 g/mol. The van der Waals surface area contributed by atoms with Crippen molar-refractivity contribution in [1.29, 1.82) is 0 Å². The van der Waals surface area contributed by atoms with Gasteiger partial charge in [0.2, 0.25) is 10.0 Å². The number of hydrogen-bond acceptors (Lipinski definition) is 4. The van der Waals surface area contributed by atoms with Crippen LogP contribution in [0.4, 0.5) is 0 Å². The van der Waals surface area contributed by atoms with Crippen molar-refractivity contribution in [2.45, 2.75) is 4.90 Å². The van der Waals surface area contributed by atoms with Crippen molar-refractivity contribution < 1.29 is 8.42 Å². The second-order valence-corrected chi connectivity index (χ2v) is 7.98. The largest absolute Gasteiger partial charge is 0.392 e. The molecule has 0 unspecified atom stereocenters. The summed E-state index contributed by atoms with van der Waals surface area (Å²) in [7, 11) is -3.41. The van der Waals surface area contributed by atoms with Crippen LogP contribution in [-0.4, -0.2) is 55.3 Å². The van der Waals surface area contributed by atoms with Crippen LogP contribution in [0.25, 0.3) is 0 Å². The molecule has 0 radical (unpaired) electrons. The zero-order chi connectivity index (χ0) is 14.8. The van der Waals surface area contributed by atoms with Crippen LogP contribution < -0.4 is 5.73 Å². The molecule has 110 valence electrons. The lowest BCUT2D eigenvalue weighted by atomic mass is 10.3. The van der Waals surface area contributed by atoms with Gasteiger partial charge in [-0.3, -0.25) is 4.90 Å². The Hall–Kier alpha value is -0.540. The highest BCUT2D eigenvalue weighted by Gasteiger charge is 2.28. The van der Waals surface area contributed by atoms with E-state index in [1.807, 2.05) is 0 Å². The first-order chi connectivity index (χ1) is 9.39. The van der Waals surface area contributed by atoms with E-state index in [2.05, 4.69) is 20.8 Å². The van der Waals surface area contributed by atoms with Crippen molar-refractivity contribution in [3.63, 3.8) is 0 Å². The first kappa shape index (κ1) is 15.8. The molecule has 0 spiro atoms. The standard InChI is InChI=1S/C12H16BrN3O2S2/c13-10-1-3-11(4-2-10)20(17,18)16-7-5-15(6-8-16)9-12(14)19/h1-4H,5-9H2,(H2,14,19). The molecule has 0 aromatic heterocycles. The van der Waals surface area contributed by atoms with Crippen LogP contribution in [0.15, 0.2) is 33.6 Å². The quantitative estimate of drug-likeness (QED) is 0.794. The van der Waals surface area contributed by atoms with Crippen LogP contribution in [0.2, 0.25) is 0 Å². The molecule has 1 saturated heterocycles. The molecule has 1 aliphatic rings. The lowest BCUT2D eigenvalue weighted by molar-refractivity contribution is 0.209. The molecule has 20 heavy (non-hydrogen) atoms. The Kier molecular flexibility index (Phi) is 5.14. The van der Waals surface area contributed by atoms with Gasteiger partial charge >= 0.3 is 0 Å². The van der Waals surface area contributed by atoms with Crippen LogP contribution in [0.3, 0.4) is 0 Å². The molecule has 1 aromatic rings. The zero-order valence-electron chi connectivity index (χ0n) is 10.8. The van der Waals surface area contributed by atoms with Crippen LogP contribution in [0.1, 0.15) is 0 Å². The zero-order valence-corrected chi connectivity index (χ0v) is 14.0. The Balaban J connectivity index is 2.05. The molecule has 1 aliphatic heterocycles. The summed E-state index contributed by atoms with van der Waals surface area (Å²) in [5.41, 5.74) is 5.50. The van der Waals surface area contributed by atoms with E-state index in [1.54, 1.807) is 24.3 Å². The topological polar surface area (TPSA) is 66.6 Å². The third-order valence-corrected chi connectivity index (χ3v) is 5.73. The normalized spacial score (nSPS) is 18.1. The molecule has 8 heteroatoms. The number of piperazine rings is 1. The maximum atomic E-state index is 12.5. The second kappa shape index (κ2) is 6.48. The summed E-state index contributed by atoms with van der Waals surface area (Å²) in [6.07, 6.45) is 0. The van der Waals surface area contributed by atoms with Gasteiger partial charge in [0.1, 0.15) is 0 Å². The van der Waals surface area contributed by atoms with Gasteiger partial charge < -0.3 is 5.73 Å². The highest BCUT2D eigenvalue weighted by atomic mass is 79.9. The van der Waals surface area contributed by atoms with Gasteiger partial charge in [-0.25, -0.2) is 8.42 Å². The van der Waals surface area contributed by atoms with Crippen LogP contribution in [-0.2, 0) is 10.0 Å². The average molecular weight is 378 g/mol. The Morgan fingerprint density at radius 3 is 2.25 bits per heavy atom. The predicted octanol–water partition coefficient (Wildman–Crippen LogP) is 1.04. The summed E-state index contributed by atoms with van der Waals surface area (Å²) < 4.78 is 27.3. The van der Waals surface area contributed by atoms with Crippen LogP contribution in [0, 0.1) is 0 Å². The molecule has 2 rings (SSSR count). The van der Waals surface area contributed by atoms with E-state index in [0.717, 1.165) is 4.47 Å². The van der Waals surface area contributed by atoms with Crippen LogP contribution >= 0.6 is 28.1 Å². The van der Waals surface area contributed by atoms with Crippen molar-refractivity contribution in [3.8, 4) is 0 Å². The molecule has 1 fully saturated rings. The van der Waals surface area contributed by atoms with E-state index in [1.165, 1.54) is 4.31 Å². The summed E-state index contributed by atoms with van der Waals surface area (Å²) in [5, 5.41) is 0. The molecule has 0 saturated carbocycles. The third kappa shape index (κ3) is 3.76. The molecule has 1 aromatic carbocycles. The van der Waals surface area contributed by atoms with Gasteiger partial charge in [0.25, 0.3) is 0 Å². The number of rotatable bonds is 4. The number of halogens is 1. The number of sulfonamides is 1. The lowest BCUT2D eigenvalue weighted by Crippen LogP contribution is -2.50. The lowest BCUT2D eigenvalue weighted by Gasteiger charge is -2.33. The number of thiocarbonyl (C=S) groups is 1. The number of nitrogens with two attached hydrogens (primary N) is 1. The van der Waals surface area contributed by atoms with E-state index in [-0.39, 0.29) is 0 Å². The number of nitrogens with zero attached hydrogens (tertiary/aromatic N) is 2. The van der Waals surface area contributed by atoms with Gasteiger partial charge in [0, 0.05) is 37.2 Å². The summed E-state index contributed by atoms with van der Waals surface area (Å²) in [6, 6.07) is 6.69. The Labute approximate surface area is 132 Å². The van der Waals surface area contributed by atoms with E-state index < -0.39 is 10.0 Å². The minimum atomic E-state index is -3.41. The van der Waals surface area contributed by atoms with Crippen LogP contribution in [0.5, 0.6) is 0 Å². The second-order valence-electron chi connectivity index (χ2n) is 4.60. The van der Waals surface area contributed by atoms with Gasteiger partial charge in [0.15, 0.2) is 0 Å². The van der Waals surface area contributed by atoms with E-state index in [0.29, 0.717) is 42.6 Å². The maximum absolute atomic E-state index is 12.5. The summed E-state index contributed by atoms with van der Waals surface area (Å²) >= 11 is 8.17. The van der Waals surface area contributed by atoms with Gasteiger partial charge in [-0.05, 0) is 24.3 Å². The Morgan fingerprint density at radius 2 is 1.75 bits per heavy atom. The monoisotopic (exact) mass is 377 g/mol. The number of hydrogen-bond donors (Lipinski definition) is 1. The summed E-state index contributed by atoms with van der Waals surface area (Å²) in [4.78, 5) is 2.83. The molecule has 0 amide bonds. The van der Waals surface area contributed by atoms with Gasteiger partial charge in [-0.15, -0.1) is 0 Å². The number of benzene rings is 1. The Bertz CT molecular complexity index is 581. The van der Waals surface area contributed by atoms with E-state index in [9.17, 15) is 8.42 Å². The van der Waals surface area contributed by atoms with Gasteiger partial charge in [-0.1, -0.05) is 28.1 Å². The van der Waals surface area contributed by atoms with Crippen molar-refractivity contribution >= 4 is 43.2 Å². The van der Waals surface area contributed by atoms with Crippen molar-refractivity contribution in [3.05, 3.63) is 28.7 Å². The highest BCUT2D eigenvalue weighted by Crippen LogP contribution is 2.19. The van der Waals surface area contributed by atoms with Crippen molar-refractivity contribution in [2.24, 2.45) is 5.73 Å². The summed E-state index contributed by atoms with van der Waals surface area (Å²) in [6.45, 7) is 2.75. The molecule has 0 bridgehead atoms. The minimum absolute atomic E-state index is 0.323. The Morgan fingerprint density at radius 1 is 1.20 bits per heavy atom. The molecule has 2 N–H and O–H groups in total. The van der Waals surface area contributed by atoms with Gasteiger partial charge in [0.05, 0.1) is 9.88 Å². The predicted molar refractivity (Wildman–Crippen MR) is 86.1 cm³/mol. The smallest absolute Gasteiger partial charge is 0.243 e. The molecule has 0 aliphatic carbocycles. The van der Waals surface area contributed by atoms with E-state index >= 15 is 0 Å².